The number of benzene rings is 1. The Balaban J connectivity index is 2.38. The molecule has 0 unspecified atom stereocenters. The smallest absolute Gasteiger partial charge is 0.0945 e. The first kappa shape index (κ1) is 11.8. The maximum Gasteiger partial charge on any atom is 0.0945 e. The van der Waals surface area contributed by atoms with E-state index in [2.05, 4.69) is 51.4 Å². The molecule has 0 aliphatic heterocycles. The number of nitrogens with two attached hydrogens (primary N) is 1. The summed E-state index contributed by atoms with van der Waals surface area (Å²) >= 11 is 5.23. The first-order chi connectivity index (χ1) is 7.70. The maximum absolute atomic E-state index is 5.52. The number of aryl methyl sites for hydroxylation is 1. The topological polar surface area (TPSA) is 38.9 Å². The van der Waals surface area contributed by atoms with Crippen LogP contribution in [0.4, 0.5) is 0 Å². The average molecular weight is 297 g/mol. The van der Waals surface area contributed by atoms with Gasteiger partial charge in [0, 0.05) is 21.8 Å². The predicted molar refractivity (Wildman–Crippen MR) is 72.7 cm³/mol. The van der Waals surface area contributed by atoms with Crippen LogP contribution in [0.3, 0.4) is 0 Å². The molecule has 0 amide bonds. The molecule has 0 atom stereocenters. The molecule has 0 aliphatic carbocycles. The summed E-state index contributed by atoms with van der Waals surface area (Å²) in [6.07, 6.45) is 0.855. The number of hydrogen-bond acceptors (Lipinski definition) is 3. The van der Waals surface area contributed by atoms with Crippen LogP contribution in [0.25, 0.3) is 11.3 Å². The van der Waals surface area contributed by atoms with Gasteiger partial charge in [-0.1, -0.05) is 27.6 Å². The quantitative estimate of drug-likeness (QED) is 0.943. The lowest BCUT2D eigenvalue weighted by Gasteiger charge is -2.02. The van der Waals surface area contributed by atoms with Crippen LogP contribution in [-0.2, 0) is 6.42 Å². The van der Waals surface area contributed by atoms with Gasteiger partial charge in [0.15, 0.2) is 0 Å². The number of nitrogens with zero attached hydrogens (tertiary/aromatic N) is 1. The van der Waals surface area contributed by atoms with E-state index in [0.29, 0.717) is 6.54 Å². The zero-order valence-electron chi connectivity index (χ0n) is 9.03. The summed E-state index contributed by atoms with van der Waals surface area (Å²) in [6.45, 7) is 2.74. The summed E-state index contributed by atoms with van der Waals surface area (Å²) < 4.78 is 1.09. The molecular formula is C12H13BrN2S. The van der Waals surface area contributed by atoms with E-state index in [1.807, 2.05) is 0 Å². The normalized spacial score (nSPS) is 10.7. The highest BCUT2D eigenvalue weighted by atomic mass is 79.9. The van der Waals surface area contributed by atoms with E-state index in [4.69, 9.17) is 5.73 Å². The van der Waals surface area contributed by atoms with Crippen molar-refractivity contribution in [2.75, 3.05) is 6.54 Å². The highest BCUT2D eigenvalue weighted by Gasteiger charge is 2.07. The molecule has 0 aliphatic rings. The molecule has 2 rings (SSSR count). The molecule has 1 aromatic heterocycles. The van der Waals surface area contributed by atoms with Crippen molar-refractivity contribution in [3.8, 4) is 11.3 Å². The van der Waals surface area contributed by atoms with E-state index >= 15 is 0 Å². The fourth-order valence-electron chi connectivity index (χ4n) is 1.51. The van der Waals surface area contributed by atoms with Crippen LogP contribution in [0, 0.1) is 6.92 Å². The zero-order chi connectivity index (χ0) is 11.5. The number of hydrogen-bond donors (Lipinski definition) is 1. The predicted octanol–water partition coefficient (Wildman–Crippen LogP) is 3.38. The molecular weight excluding hydrogens is 284 g/mol. The third kappa shape index (κ3) is 2.51. The van der Waals surface area contributed by atoms with Gasteiger partial charge in [0.05, 0.1) is 10.7 Å². The fourth-order valence-corrected chi connectivity index (χ4v) is 2.77. The molecule has 0 saturated heterocycles. The Labute approximate surface area is 108 Å². The van der Waals surface area contributed by atoms with E-state index in [9.17, 15) is 0 Å². The van der Waals surface area contributed by atoms with Crippen molar-refractivity contribution >= 4 is 27.3 Å². The van der Waals surface area contributed by atoms with Gasteiger partial charge in [-0.2, -0.15) is 0 Å². The van der Waals surface area contributed by atoms with Crippen LogP contribution in [-0.4, -0.2) is 11.5 Å². The molecule has 2 N–H and O–H groups in total. The molecule has 0 radical (unpaired) electrons. The van der Waals surface area contributed by atoms with Gasteiger partial charge < -0.3 is 5.73 Å². The second-order valence-corrected chi connectivity index (χ2v) is 5.45. The SMILES string of the molecule is Cc1ccc(Br)c(-c2csc(CCN)n2)c1. The minimum absolute atomic E-state index is 0.655. The summed E-state index contributed by atoms with van der Waals surface area (Å²) in [4.78, 5) is 4.58. The monoisotopic (exact) mass is 296 g/mol. The van der Waals surface area contributed by atoms with Gasteiger partial charge in [-0.25, -0.2) is 4.98 Å². The van der Waals surface area contributed by atoms with Crippen molar-refractivity contribution < 1.29 is 0 Å². The standard InChI is InChI=1S/C12H13BrN2S/c1-8-2-3-10(13)9(6-8)11-7-16-12(15-11)4-5-14/h2-3,6-7H,4-5,14H2,1H3. The zero-order valence-corrected chi connectivity index (χ0v) is 11.4. The second-order valence-electron chi connectivity index (χ2n) is 3.65. The highest BCUT2D eigenvalue weighted by Crippen LogP contribution is 2.30. The van der Waals surface area contributed by atoms with Crippen molar-refractivity contribution in [1.29, 1.82) is 0 Å². The largest absolute Gasteiger partial charge is 0.330 e. The molecule has 1 aromatic carbocycles. The van der Waals surface area contributed by atoms with Gasteiger partial charge in [0.1, 0.15) is 0 Å². The minimum Gasteiger partial charge on any atom is -0.330 e. The molecule has 2 nitrogen and oxygen atoms in total. The molecule has 84 valence electrons. The van der Waals surface area contributed by atoms with Crippen LogP contribution in [0.5, 0.6) is 0 Å². The average Bonchev–Trinajstić information content (AvgIpc) is 2.71. The molecule has 1 heterocycles. The molecule has 4 heteroatoms. The van der Waals surface area contributed by atoms with Crippen LogP contribution in [0.1, 0.15) is 10.6 Å². The Morgan fingerprint density at radius 1 is 1.44 bits per heavy atom. The Morgan fingerprint density at radius 3 is 3.00 bits per heavy atom. The van der Waals surface area contributed by atoms with Crippen molar-refractivity contribution in [3.05, 3.63) is 38.6 Å². The second kappa shape index (κ2) is 5.08. The lowest BCUT2D eigenvalue weighted by Crippen LogP contribution is -2.02. The summed E-state index contributed by atoms with van der Waals surface area (Å²) in [7, 11) is 0. The summed E-state index contributed by atoms with van der Waals surface area (Å²) in [5.74, 6) is 0. The van der Waals surface area contributed by atoms with E-state index in [1.54, 1.807) is 11.3 Å². The van der Waals surface area contributed by atoms with Gasteiger partial charge in [-0.15, -0.1) is 11.3 Å². The number of halogens is 1. The molecule has 2 aromatic rings. The van der Waals surface area contributed by atoms with E-state index in [-0.39, 0.29) is 0 Å². The lowest BCUT2D eigenvalue weighted by molar-refractivity contribution is 0.954. The first-order valence-electron chi connectivity index (χ1n) is 5.11. The van der Waals surface area contributed by atoms with Crippen molar-refractivity contribution in [2.24, 2.45) is 5.73 Å². The molecule has 0 fully saturated rings. The Kier molecular flexibility index (Phi) is 3.74. The van der Waals surface area contributed by atoms with E-state index in [0.717, 1.165) is 27.2 Å². The number of thiazole rings is 1. The van der Waals surface area contributed by atoms with Crippen LogP contribution >= 0.6 is 27.3 Å². The minimum atomic E-state index is 0.655. The Hall–Kier alpha value is -0.710. The van der Waals surface area contributed by atoms with Gasteiger partial charge in [-0.3, -0.25) is 0 Å². The lowest BCUT2D eigenvalue weighted by atomic mass is 10.1. The maximum atomic E-state index is 5.52. The Morgan fingerprint density at radius 2 is 2.25 bits per heavy atom. The van der Waals surface area contributed by atoms with Gasteiger partial charge >= 0.3 is 0 Å². The third-order valence-electron chi connectivity index (χ3n) is 2.31. The summed E-state index contributed by atoms with van der Waals surface area (Å²) in [5, 5.41) is 3.19. The highest BCUT2D eigenvalue weighted by molar-refractivity contribution is 9.10. The number of aromatic nitrogens is 1. The van der Waals surface area contributed by atoms with Crippen molar-refractivity contribution in [1.82, 2.24) is 4.98 Å². The van der Waals surface area contributed by atoms with Crippen LogP contribution < -0.4 is 5.73 Å². The molecule has 0 bridgehead atoms. The number of rotatable bonds is 3. The van der Waals surface area contributed by atoms with Crippen molar-refractivity contribution in [3.63, 3.8) is 0 Å². The van der Waals surface area contributed by atoms with E-state index < -0.39 is 0 Å². The van der Waals surface area contributed by atoms with E-state index in [1.165, 1.54) is 5.56 Å². The fraction of sp³-hybridized carbons (Fsp3) is 0.250. The Bertz CT molecular complexity index is 494. The molecule has 0 spiro atoms. The third-order valence-corrected chi connectivity index (χ3v) is 3.91. The first-order valence-corrected chi connectivity index (χ1v) is 6.79. The van der Waals surface area contributed by atoms with Crippen LogP contribution in [0.15, 0.2) is 28.1 Å². The summed E-state index contributed by atoms with van der Waals surface area (Å²) in [5.41, 5.74) is 8.95. The van der Waals surface area contributed by atoms with Gasteiger partial charge in [0.25, 0.3) is 0 Å². The van der Waals surface area contributed by atoms with Crippen LogP contribution in [0.2, 0.25) is 0 Å². The molecule has 16 heavy (non-hydrogen) atoms. The van der Waals surface area contributed by atoms with Gasteiger partial charge in [-0.05, 0) is 25.6 Å². The van der Waals surface area contributed by atoms with Crippen molar-refractivity contribution in [2.45, 2.75) is 13.3 Å². The molecule has 0 saturated carbocycles. The van der Waals surface area contributed by atoms with Gasteiger partial charge in [0.2, 0.25) is 0 Å². The summed E-state index contributed by atoms with van der Waals surface area (Å²) in [6, 6.07) is 6.29.